The number of hydroxylamine groups is 2. The Morgan fingerprint density at radius 1 is 1.35 bits per heavy atom. The Hall–Kier alpha value is -2.09. The zero-order valence-corrected chi connectivity index (χ0v) is 15.4. The van der Waals surface area contributed by atoms with Gasteiger partial charge in [-0.1, -0.05) is 23.7 Å². The van der Waals surface area contributed by atoms with Crippen molar-refractivity contribution in [1.29, 1.82) is 0 Å². The molecule has 0 atom stereocenters. The number of carbonyl (C=O) groups excluding carboxylic acids is 2. The lowest BCUT2D eigenvalue weighted by molar-refractivity contribution is -0.183. The van der Waals surface area contributed by atoms with Gasteiger partial charge >= 0.3 is 12.1 Å². The van der Waals surface area contributed by atoms with E-state index in [1.807, 2.05) is 0 Å². The SMILES string of the molecule is CCOC(=O)OC1=C(c2cccc(Cl)c2)C(=O)OC12CCN(OC)CC2. The molecule has 7 nitrogen and oxygen atoms in total. The van der Waals surface area contributed by atoms with Gasteiger partial charge in [0.2, 0.25) is 0 Å². The van der Waals surface area contributed by atoms with Crippen LogP contribution >= 0.6 is 11.6 Å². The van der Waals surface area contributed by atoms with Crippen LogP contribution < -0.4 is 0 Å². The summed E-state index contributed by atoms with van der Waals surface area (Å²) in [6.07, 6.45) is 0.00501. The highest BCUT2D eigenvalue weighted by molar-refractivity contribution is 6.31. The van der Waals surface area contributed by atoms with Gasteiger partial charge in [0.1, 0.15) is 5.57 Å². The fraction of sp³-hybridized carbons (Fsp3) is 0.444. The van der Waals surface area contributed by atoms with E-state index in [1.54, 1.807) is 43.4 Å². The van der Waals surface area contributed by atoms with Crippen LogP contribution in [0.3, 0.4) is 0 Å². The lowest BCUT2D eigenvalue weighted by Gasteiger charge is -2.37. The molecule has 1 fully saturated rings. The first-order chi connectivity index (χ1) is 12.5. The minimum absolute atomic E-state index is 0.165. The number of esters is 1. The average Bonchev–Trinajstić information content (AvgIpc) is 2.87. The lowest BCUT2D eigenvalue weighted by atomic mass is 9.88. The zero-order chi connectivity index (χ0) is 18.7. The van der Waals surface area contributed by atoms with Crippen LogP contribution in [0.15, 0.2) is 30.0 Å². The fourth-order valence-electron chi connectivity index (χ4n) is 3.22. The first kappa shape index (κ1) is 18.7. The molecule has 0 N–H and O–H groups in total. The molecule has 140 valence electrons. The molecule has 1 aromatic carbocycles. The highest BCUT2D eigenvalue weighted by atomic mass is 35.5. The number of piperidine rings is 1. The van der Waals surface area contributed by atoms with Gasteiger partial charge in [0.15, 0.2) is 11.4 Å². The Kier molecular flexibility index (Phi) is 5.50. The van der Waals surface area contributed by atoms with E-state index in [4.69, 9.17) is 30.6 Å². The summed E-state index contributed by atoms with van der Waals surface area (Å²) in [5.74, 6) is -0.364. The maximum absolute atomic E-state index is 12.7. The summed E-state index contributed by atoms with van der Waals surface area (Å²) < 4.78 is 16.1. The number of nitrogens with zero attached hydrogens (tertiary/aromatic N) is 1. The van der Waals surface area contributed by atoms with E-state index in [9.17, 15) is 9.59 Å². The summed E-state index contributed by atoms with van der Waals surface area (Å²) in [7, 11) is 1.59. The Bertz CT molecular complexity index is 739. The molecule has 0 radical (unpaired) electrons. The molecule has 0 saturated carbocycles. The smallest absolute Gasteiger partial charge is 0.447 e. The molecule has 8 heteroatoms. The van der Waals surface area contributed by atoms with Crippen molar-refractivity contribution < 1.29 is 28.6 Å². The van der Waals surface area contributed by atoms with Gasteiger partial charge in [-0.15, -0.1) is 0 Å². The summed E-state index contributed by atoms with van der Waals surface area (Å²) >= 11 is 6.06. The van der Waals surface area contributed by atoms with Crippen molar-refractivity contribution in [2.45, 2.75) is 25.4 Å². The van der Waals surface area contributed by atoms with Crippen LogP contribution in [0.1, 0.15) is 25.3 Å². The Morgan fingerprint density at radius 2 is 2.08 bits per heavy atom. The van der Waals surface area contributed by atoms with Crippen LogP contribution in [0.5, 0.6) is 0 Å². The second kappa shape index (κ2) is 7.65. The van der Waals surface area contributed by atoms with Gasteiger partial charge in [-0.05, 0) is 24.6 Å². The molecular weight excluding hydrogens is 362 g/mol. The number of halogens is 1. The molecule has 26 heavy (non-hydrogen) atoms. The summed E-state index contributed by atoms with van der Waals surface area (Å²) in [6, 6.07) is 6.78. The van der Waals surface area contributed by atoms with Crippen molar-refractivity contribution >= 4 is 29.3 Å². The number of benzene rings is 1. The molecule has 0 amide bonds. The number of carbonyl (C=O) groups is 2. The van der Waals surface area contributed by atoms with Crippen molar-refractivity contribution in [3.8, 4) is 0 Å². The third-order valence-electron chi connectivity index (χ3n) is 4.48. The molecule has 2 aliphatic heterocycles. The first-order valence-electron chi connectivity index (χ1n) is 8.37. The Balaban J connectivity index is 2.03. The van der Waals surface area contributed by atoms with Gasteiger partial charge in [0.05, 0.1) is 13.7 Å². The quantitative estimate of drug-likeness (QED) is 0.741. The molecule has 0 bridgehead atoms. The van der Waals surface area contributed by atoms with Crippen LogP contribution in [0.25, 0.3) is 5.57 Å². The predicted octanol–water partition coefficient (Wildman–Crippen LogP) is 3.18. The third kappa shape index (κ3) is 3.56. The highest BCUT2D eigenvalue weighted by Gasteiger charge is 2.52. The van der Waals surface area contributed by atoms with Crippen LogP contribution in [-0.2, 0) is 23.8 Å². The topological polar surface area (TPSA) is 74.3 Å². The van der Waals surface area contributed by atoms with E-state index < -0.39 is 17.7 Å². The summed E-state index contributed by atoms with van der Waals surface area (Å²) in [5, 5.41) is 2.23. The van der Waals surface area contributed by atoms with E-state index in [2.05, 4.69) is 0 Å². The standard InChI is InChI=1S/C18H20ClNO6/c1-3-24-17(22)25-15-14(12-5-4-6-13(19)11-12)16(21)26-18(15)7-9-20(23-2)10-8-18/h4-6,11H,3,7-10H2,1-2H3. The molecule has 0 aliphatic carbocycles. The zero-order valence-electron chi connectivity index (χ0n) is 14.6. The number of ether oxygens (including phenoxy) is 3. The normalized spacial score (nSPS) is 19.6. The number of rotatable bonds is 4. The Morgan fingerprint density at radius 3 is 2.69 bits per heavy atom. The molecule has 0 aromatic heterocycles. The molecular formula is C18H20ClNO6. The summed E-state index contributed by atoms with van der Waals surface area (Å²) in [5.41, 5.74) is -0.282. The van der Waals surface area contributed by atoms with Gasteiger partial charge in [-0.2, -0.15) is 5.06 Å². The minimum Gasteiger partial charge on any atom is -0.447 e. The van der Waals surface area contributed by atoms with E-state index in [0.29, 0.717) is 36.5 Å². The van der Waals surface area contributed by atoms with E-state index in [-0.39, 0.29) is 17.9 Å². The van der Waals surface area contributed by atoms with Crippen molar-refractivity contribution in [1.82, 2.24) is 5.06 Å². The van der Waals surface area contributed by atoms with Crippen molar-refractivity contribution in [2.75, 3.05) is 26.8 Å². The van der Waals surface area contributed by atoms with Crippen LogP contribution in [0, 0.1) is 0 Å². The largest absolute Gasteiger partial charge is 0.513 e. The van der Waals surface area contributed by atoms with Crippen molar-refractivity contribution in [2.24, 2.45) is 0 Å². The average molecular weight is 382 g/mol. The molecule has 1 aromatic rings. The molecule has 0 unspecified atom stereocenters. The summed E-state index contributed by atoms with van der Waals surface area (Å²) in [4.78, 5) is 29.9. The van der Waals surface area contributed by atoms with E-state index in [0.717, 1.165) is 0 Å². The maximum atomic E-state index is 12.7. The van der Waals surface area contributed by atoms with Crippen molar-refractivity contribution in [3.05, 3.63) is 40.6 Å². The predicted molar refractivity (Wildman–Crippen MR) is 93.1 cm³/mol. The van der Waals surface area contributed by atoms with Gasteiger partial charge < -0.3 is 19.0 Å². The third-order valence-corrected chi connectivity index (χ3v) is 4.72. The van der Waals surface area contributed by atoms with E-state index >= 15 is 0 Å². The molecule has 2 heterocycles. The van der Waals surface area contributed by atoms with Crippen LogP contribution in [0.4, 0.5) is 4.79 Å². The molecule has 1 saturated heterocycles. The van der Waals surface area contributed by atoms with Gasteiger partial charge in [0.25, 0.3) is 0 Å². The molecule has 2 aliphatic rings. The maximum Gasteiger partial charge on any atom is 0.513 e. The first-order valence-corrected chi connectivity index (χ1v) is 8.74. The van der Waals surface area contributed by atoms with Gasteiger partial charge in [0, 0.05) is 31.0 Å². The lowest BCUT2D eigenvalue weighted by Crippen LogP contribution is -2.46. The minimum atomic E-state index is -1.02. The van der Waals surface area contributed by atoms with Crippen molar-refractivity contribution in [3.63, 3.8) is 0 Å². The monoisotopic (exact) mass is 381 g/mol. The number of hydrogen-bond donors (Lipinski definition) is 0. The van der Waals surface area contributed by atoms with Crippen LogP contribution in [0.2, 0.25) is 5.02 Å². The molecule has 3 rings (SSSR count). The highest BCUT2D eigenvalue weighted by Crippen LogP contribution is 2.45. The van der Waals surface area contributed by atoms with Crippen LogP contribution in [-0.4, -0.2) is 49.6 Å². The Labute approximate surface area is 156 Å². The summed E-state index contributed by atoms with van der Waals surface area (Å²) in [6.45, 7) is 2.90. The van der Waals surface area contributed by atoms with Gasteiger partial charge in [-0.25, -0.2) is 9.59 Å². The second-order valence-electron chi connectivity index (χ2n) is 5.99. The number of hydrogen-bond acceptors (Lipinski definition) is 7. The van der Waals surface area contributed by atoms with E-state index in [1.165, 1.54) is 0 Å². The molecule has 1 spiro atoms. The second-order valence-corrected chi connectivity index (χ2v) is 6.43. The fourth-order valence-corrected chi connectivity index (χ4v) is 3.41. The van der Waals surface area contributed by atoms with Gasteiger partial charge in [-0.3, -0.25) is 0 Å².